The number of carbonyl (C=O) groups is 1. The van der Waals surface area contributed by atoms with Gasteiger partial charge in [0.1, 0.15) is 0 Å². The predicted molar refractivity (Wildman–Crippen MR) is 131 cm³/mol. The summed E-state index contributed by atoms with van der Waals surface area (Å²) in [5.41, 5.74) is 2.21. The SMILES string of the molecule is CCCC(COc1ncc(Cl)cc1F)C(CC)N(C)C(=O)c1cc(C)ccc1-c1ncccn1. The maximum absolute atomic E-state index is 14.2. The van der Waals surface area contributed by atoms with Crippen LogP contribution in [0.4, 0.5) is 4.39 Å². The number of nitrogens with zero attached hydrogens (tertiary/aromatic N) is 4. The Morgan fingerprint density at radius 3 is 2.56 bits per heavy atom. The summed E-state index contributed by atoms with van der Waals surface area (Å²) in [4.78, 5) is 28.1. The van der Waals surface area contributed by atoms with E-state index in [2.05, 4.69) is 21.9 Å². The molecule has 0 aliphatic heterocycles. The Morgan fingerprint density at radius 1 is 1.18 bits per heavy atom. The molecule has 180 valence electrons. The van der Waals surface area contributed by atoms with Crippen molar-refractivity contribution in [3.63, 3.8) is 0 Å². The fraction of sp³-hybridized carbons (Fsp3) is 0.385. The summed E-state index contributed by atoms with van der Waals surface area (Å²) in [5, 5.41) is 0.211. The van der Waals surface area contributed by atoms with Crippen molar-refractivity contribution in [3.8, 4) is 17.3 Å². The van der Waals surface area contributed by atoms with E-state index in [4.69, 9.17) is 16.3 Å². The Bertz CT molecular complexity index is 1110. The minimum Gasteiger partial charge on any atom is -0.475 e. The maximum Gasteiger partial charge on any atom is 0.254 e. The van der Waals surface area contributed by atoms with Crippen LogP contribution in [0, 0.1) is 18.7 Å². The van der Waals surface area contributed by atoms with E-state index in [1.54, 1.807) is 30.4 Å². The lowest BCUT2D eigenvalue weighted by atomic mass is 9.91. The summed E-state index contributed by atoms with van der Waals surface area (Å²) >= 11 is 5.79. The third-order valence-electron chi connectivity index (χ3n) is 5.86. The minimum absolute atomic E-state index is 0.0120. The highest BCUT2D eigenvalue weighted by Gasteiger charge is 2.29. The molecule has 0 N–H and O–H groups in total. The normalized spacial score (nSPS) is 12.8. The number of halogens is 2. The van der Waals surface area contributed by atoms with Crippen molar-refractivity contribution >= 4 is 17.5 Å². The first-order valence-electron chi connectivity index (χ1n) is 11.4. The third-order valence-corrected chi connectivity index (χ3v) is 6.07. The fourth-order valence-electron chi connectivity index (χ4n) is 4.18. The molecule has 0 saturated heterocycles. The third kappa shape index (κ3) is 6.08. The van der Waals surface area contributed by atoms with Gasteiger partial charge in [0.05, 0.1) is 17.2 Å². The van der Waals surface area contributed by atoms with E-state index in [0.717, 1.165) is 24.8 Å². The number of pyridine rings is 1. The van der Waals surface area contributed by atoms with Crippen LogP contribution in [0.25, 0.3) is 11.4 Å². The Morgan fingerprint density at radius 2 is 1.91 bits per heavy atom. The van der Waals surface area contributed by atoms with Crippen molar-refractivity contribution in [1.29, 1.82) is 0 Å². The van der Waals surface area contributed by atoms with E-state index in [1.807, 2.05) is 32.0 Å². The van der Waals surface area contributed by atoms with Gasteiger partial charge in [0, 0.05) is 43.2 Å². The second kappa shape index (κ2) is 11.9. The molecule has 6 nitrogen and oxygen atoms in total. The zero-order chi connectivity index (χ0) is 24.7. The van der Waals surface area contributed by atoms with Gasteiger partial charge in [0.2, 0.25) is 5.88 Å². The largest absolute Gasteiger partial charge is 0.475 e. The maximum atomic E-state index is 14.2. The summed E-state index contributed by atoms with van der Waals surface area (Å²) in [6.45, 7) is 6.30. The Kier molecular flexibility index (Phi) is 8.93. The molecule has 0 aliphatic carbocycles. The number of aryl methyl sites for hydroxylation is 1. The van der Waals surface area contributed by atoms with Gasteiger partial charge < -0.3 is 9.64 Å². The molecule has 0 spiro atoms. The van der Waals surface area contributed by atoms with E-state index in [1.165, 1.54) is 12.3 Å². The average molecular weight is 485 g/mol. The smallest absolute Gasteiger partial charge is 0.254 e. The van der Waals surface area contributed by atoms with Crippen molar-refractivity contribution in [1.82, 2.24) is 19.9 Å². The molecule has 0 saturated carbocycles. The van der Waals surface area contributed by atoms with Crippen molar-refractivity contribution in [3.05, 3.63) is 70.9 Å². The van der Waals surface area contributed by atoms with Gasteiger partial charge in [0.25, 0.3) is 5.91 Å². The first-order valence-corrected chi connectivity index (χ1v) is 11.8. The first-order chi connectivity index (χ1) is 16.3. The molecule has 2 heterocycles. The van der Waals surface area contributed by atoms with Crippen molar-refractivity contribution in [2.75, 3.05) is 13.7 Å². The molecule has 0 aliphatic rings. The predicted octanol–water partition coefficient (Wildman–Crippen LogP) is 5.99. The molecule has 1 amide bonds. The van der Waals surface area contributed by atoms with Crippen LogP contribution >= 0.6 is 11.6 Å². The highest BCUT2D eigenvalue weighted by molar-refractivity contribution is 6.30. The molecule has 0 fully saturated rings. The first kappa shape index (κ1) is 25.6. The van der Waals surface area contributed by atoms with Crippen molar-refractivity contribution in [2.24, 2.45) is 5.92 Å². The number of aromatic nitrogens is 3. The van der Waals surface area contributed by atoms with E-state index in [0.29, 0.717) is 17.0 Å². The lowest BCUT2D eigenvalue weighted by Crippen LogP contribution is -2.43. The molecule has 2 unspecified atom stereocenters. The van der Waals surface area contributed by atoms with Gasteiger partial charge in [0.15, 0.2) is 11.6 Å². The van der Waals surface area contributed by atoms with Crippen LogP contribution in [0.1, 0.15) is 49.0 Å². The zero-order valence-electron chi connectivity index (χ0n) is 20.0. The number of hydrogen-bond acceptors (Lipinski definition) is 5. The zero-order valence-corrected chi connectivity index (χ0v) is 20.7. The number of hydrogen-bond donors (Lipinski definition) is 0. The summed E-state index contributed by atoms with van der Waals surface area (Å²) in [7, 11) is 1.80. The second-order valence-electron chi connectivity index (χ2n) is 8.31. The lowest BCUT2D eigenvalue weighted by molar-refractivity contribution is 0.0601. The van der Waals surface area contributed by atoms with Gasteiger partial charge in [-0.2, -0.15) is 0 Å². The molecule has 34 heavy (non-hydrogen) atoms. The monoisotopic (exact) mass is 484 g/mol. The van der Waals surface area contributed by atoms with Crippen LogP contribution in [0.2, 0.25) is 5.02 Å². The highest BCUT2D eigenvalue weighted by atomic mass is 35.5. The molecule has 0 radical (unpaired) electrons. The molecular weight excluding hydrogens is 455 g/mol. The van der Waals surface area contributed by atoms with Crippen LogP contribution in [0.5, 0.6) is 5.88 Å². The van der Waals surface area contributed by atoms with Gasteiger partial charge in [-0.05, 0) is 38.0 Å². The van der Waals surface area contributed by atoms with Crippen molar-refractivity contribution in [2.45, 2.75) is 46.1 Å². The van der Waals surface area contributed by atoms with Crippen LogP contribution in [-0.4, -0.2) is 45.5 Å². The number of amides is 1. The summed E-state index contributed by atoms with van der Waals surface area (Å²) in [6, 6.07) is 8.50. The Labute approximate surface area is 205 Å². The van der Waals surface area contributed by atoms with Gasteiger partial charge >= 0.3 is 0 Å². The van der Waals surface area contributed by atoms with Gasteiger partial charge in [-0.3, -0.25) is 4.79 Å². The summed E-state index contributed by atoms with van der Waals surface area (Å²) < 4.78 is 19.9. The molecule has 1 aromatic carbocycles. The van der Waals surface area contributed by atoms with Crippen LogP contribution in [0.3, 0.4) is 0 Å². The van der Waals surface area contributed by atoms with Crippen LogP contribution in [-0.2, 0) is 0 Å². The quantitative estimate of drug-likeness (QED) is 0.354. The van der Waals surface area contributed by atoms with Crippen LogP contribution in [0.15, 0.2) is 48.9 Å². The van der Waals surface area contributed by atoms with Gasteiger partial charge in [-0.25, -0.2) is 19.3 Å². The number of ether oxygens (including phenoxy) is 1. The van der Waals surface area contributed by atoms with E-state index < -0.39 is 5.82 Å². The standard InChI is InChI=1S/C26H30ClFN4O2/c1-5-8-18(16-34-25-22(28)14-19(27)15-31-25)23(6-2)32(4)26(33)21-13-17(3)9-10-20(21)24-29-11-7-12-30-24/h7,9-15,18,23H,5-6,8,16H2,1-4H3. The van der Waals surface area contributed by atoms with Gasteiger partial charge in [-0.15, -0.1) is 0 Å². The highest BCUT2D eigenvalue weighted by Crippen LogP contribution is 2.27. The number of benzene rings is 1. The van der Waals surface area contributed by atoms with E-state index in [-0.39, 0.29) is 35.4 Å². The average Bonchev–Trinajstić information content (AvgIpc) is 2.83. The molecule has 3 aromatic rings. The summed E-state index contributed by atoms with van der Waals surface area (Å²) in [5.74, 6) is -0.314. The number of rotatable bonds is 10. The molecule has 2 aromatic heterocycles. The topological polar surface area (TPSA) is 68.2 Å². The Hall–Kier alpha value is -3.06. The second-order valence-corrected chi connectivity index (χ2v) is 8.75. The molecular formula is C26H30ClFN4O2. The molecule has 8 heteroatoms. The van der Waals surface area contributed by atoms with E-state index in [9.17, 15) is 9.18 Å². The molecule has 2 atom stereocenters. The van der Waals surface area contributed by atoms with Crippen LogP contribution < -0.4 is 4.74 Å². The lowest BCUT2D eigenvalue weighted by Gasteiger charge is -2.34. The molecule has 0 bridgehead atoms. The number of carbonyl (C=O) groups excluding carboxylic acids is 1. The molecule has 3 rings (SSSR count). The minimum atomic E-state index is -0.604. The Balaban J connectivity index is 1.86. The van der Waals surface area contributed by atoms with Gasteiger partial charge in [-0.1, -0.05) is 49.6 Å². The fourth-order valence-corrected chi connectivity index (χ4v) is 4.33. The van der Waals surface area contributed by atoms with E-state index >= 15 is 0 Å². The summed E-state index contributed by atoms with van der Waals surface area (Å²) in [6.07, 6.45) is 7.11. The van der Waals surface area contributed by atoms with Crippen molar-refractivity contribution < 1.29 is 13.9 Å².